The molecule has 1 heterocycles. The first kappa shape index (κ1) is 20.7. The molecule has 1 aromatic rings. The Morgan fingerprint density at radius 1 is 1.32 bits per heavy atom. The van der Waals surface area contributed by atoms with Crippen LogP contribution in [0.2, 0.25) is 0 Å². The van der Waals surface area contributed by atoms with Crippen LogP contribution >= 0.6 is 35.7 Å². The summed E-state index contributed by atoms with van der Waals surface area (Å²) in [5, 5.41) is 3.64. The second-order valence-corrected chi connectivity index (χ2v) is 9.21. The van der Waals surface area contributed by atoms with Gasteiger partial charge in [0.1, 0.15) is 5.75 Å². The molecule has 3 rings (SSSR count). The number of benzene rings is 1. The van der Waals surface area contributed by atoms with E-state index in [0.29, 0.717) is 0 Å². The molecule has 0 radical (unpaired) electrons. The van der Waals surface area contributed by atoms with Crippen molar-refractivity contribution in [1.82, 2.24) is 10.2 Å². The molecular weight excluding hydrogens is 445 g/mol. The third kappa shape index (κ3) is 4.76. The number of ether oxygens (including phenoxy) is 1. The molecule has 1 aromatic carbocycles. The molecule has 1 N–H and O–H groups in total. The summed E-state index contributed by atoms with van der Waals surface area (Å²) < 4.78 is 5.86. The van der Waals surface area contributed by atoms with E-state index in [1.807, 2.05) is 24.9 Å². The monoisotopic (exact) mass is 475 g/mol. The first-order chi connectivity index (χ1) is 11.5. The lowest BCUT2D eigenvalue weighted by Crippen LogP contribution is -2.52. The van der Waals surface area contributed by atoms with Crippen LogP contribution in [0.25, 0.3) is 0 Å². The van der Waals surface area contributed by atoms with Crippen LogP contribution in [0.4, 0.5) is 0 Å². The summed E-state index contributed by atoms with van der Waals surface area (Å²) >= 11 is 2.05. The number of para-hydroxylation sites is 1. The van der Waals surface area contributed by atoms with Crippen molar-refractivity contribution >= 4 is 41.7 Å². The van der Waals surface area contributed by atoms with Crippen molar-refractivity contribution in [2.45, 2.75) is 36.9 Å². The number of halogens is 1. The van der Waals surface area contributed by atoms with Gasteiger partial charge in [0.15, 0.2) is 5.96 Å². The van der Waals surface area contributed by atoms with E-state index in [1.165, 1.54) is 18.4 Å². The highest BCUT2D eigenvalue weighted by molar-refractivity contribution is 14.0. The number of hydrogen-bond donors (Lipinski definition) is 1. The van der Waals surface area contributed by atoms with Gasteiger partial charge in [0, 0.05) is 48.2 Å². The van der Waals surface area contributed by atoms with Crippen molar-refractivity contribution in [3.63, 3.8) is 0 Å². The lowest BCUT2D eigenvalue weighted by Gasteiger charge is -2.39. The van der Waals surface area contributed by atoms with E-state index in [2.05, 4.69) is 47.3 Å². The summed E-state index contributed by atoms with van der Waals surface area (Å²) in [4.78, 5) is 6.93. The molecule has 1 saturated carbocycles. The Hall–Kier alpha value is -0.630. The Labute approximate surface area is 173 Å². The van der Waals surface area contributed by atoms with E-state index >= 15 is 0 Å². The molecule has 0 aromatic heterocycles. The first-order valence-corrected chi connectivity index (χ1v) is 9.71. The van der Waals surface area contributed by atoms with Gasteiger partial charge in [-0.1, -0.05) is 18.2 Å². The summed E-state index contributed by atoms with van der Waals surface area (Å²) in [5.74, 6) is 3.19. The number of nitrogens with zero attached hydrogens (tertiary/aromatic N) is 2. The van der Waals surface area contributed by atoms with Crippen molar-refractivity contribution in [2.24, 2.45) is 4.99 Å². The number of aliphatic imine (C=N–C) groups is 1. The van der Waals surface area contributed by atoms with Gasteiger partial charge < -0.3 is 15.0 Å². The van der Waals surface area contributed by atoms with Gasteiger partial charge >= 0.3 is 0 Å². The maximum atomic E-state index is 5.58. The highest BCUT2D eigenvalue weighted by Gasteiger charge is 2.46. The summed E-state index contributed by atoms with van der Waals surface area (Å²) in [6, 6.07) is 8.42. The van der Waals surface area contributed by atoms with Crippen molar-refractivity contribution in [1.29, 1.82) is 0 Å². The molecule has 140 valence electrons. The maximum Gasteiger partial charge on any atom is 0.193 e. The Bertz CT molecular complexity index is 616. The van der Waals surface area contributed by atoms with Gasteiger partial charge in [-0.2, -0.15) is 11.8 Å². The Morgan fingerprint density at radius 3 is 2.64 bits per heavy atom. The molecule has 0 unspecified atom stereocenters. The maximum absolute atomic E-state index is 5.58. The zero-order valence-electron chi connectivity index (χ0n) is 15.7. The Morgan fingerprint density at radius 2 is 2.04 bits per heavy atom. The topological polar surface area (TPSA) is 36.9 Å². The molecular formula is C19H30IN3OS. The summed E-state index contributed by atoms with van der Waals surface area (Å²) in [6.07, 6.45) is 2.41. The van der Waals surface area contributed by atoms with E-state index in [9.17, 15) is 0 Å². The number of rotatable bonds is 4. The lowest BCUT2D eigenvalue weighted by molar-refractivity contribution is 0.372. The number of guanidine groups is 1. The summed E-state index contributed by atoms with van der Waals surface area (Å²) in [6.45, 7) is 7.65. The predicted octanol–water partition coefficient (Wildman–Crippen LogP) is 3.75. The van der Waals surface area contributed by atoms with Gasteiger partial charge in [-0.25, -0.2) is 0 Å². The highest BCUT2D eigenvalue weighted by Crippen LogP contribution is 2.50. The van der Waals surface area contributed by atoms with Crippen molar-refractivity contribution in [2.75, 3.05) is 39.5 Å². The zero-order chi connectivity index (χ0) is 17.2. The normalized spacial score (nSPS) is 21.3. The minimum absolute atomic E-state index is 0. The number of nitrogens with one attached hydrogen (secondary N) is 1. The average molecular weight is 475 g/mol. The zero-order valence-corrected chi connectivity index (χ0v) is 18.8. The van der Waals surface area contributed by atoms with Gasteiger partial charge in [-0.3, -0.25) is 4.99 Å². The minimum atomic E-state index is 0. The number of hydrogen-bond acceptors (Lipinski definition) is 3. The van der Waals surface area contributed by atoms with Gasteiger partial charge in [0.25, 0.3) is 0 Å². The van der Waals surface area contributed by atoms with Gasteiger partial charge in [-0.05, 0) is 32.8 Å². The van der Waals surface area contributed by atoms with Crippen LogP contribution in [0.3, 0.4) is 0 Å². The Balaban J connectivity index is 0.00000225. The summed E-state index contributed by atoms with van der Waals surface area (Å²) in [5.41, 5.74) is 1.52. The molecule has 0 amide bonds. The van der Waals surface area contributed by atoms with Gasteiger partial charge in [-0.15, -0.1) is 24.0 Å². The van der Waals surface area contributed by atoms with E-state index in [4.69, 9.17) is 4.74 Å². The van der Waals surface area contributed by atoms with Crippen LogP contribution in [0.5, 0.6) is 5.75 Å². The smallest absolute Gasteiger partial charge is 0.193 e. The molecule has 6 heteroatoms. The molecule has 1 aliphatic heterocycles. The highest BCUT2D eigenvalue weighted by atomic mass is 127. The van der Waals surface area contributed by atoms with Crippen LogP contribution in [-0.2, 0) is 5.41 Å². The molecule has 1 aliphatic carbocycles. The van der Waals surface area contributed by atoms with Crippen molar-refractivity contribution < 1.29 is 4.74 Å². The van der Waals surface area contributed by atoms with Gasteiger partial charge in [0.2, 0.25) is 0 Å². The molecule has 0 spiro atoms. The fraction of sp³-hybridized carbons (Fsp3) is 0.632. The van der Waals surface area contributed by atoms with Crippen LogP contribution in [0, 0.1) is 0 Å². The lowest BCUT2D eigenvalue weighted by atomic mass is 9.95. The van der Waals surface area contributed by atoms with Crippen LogP contribution in [0.1, 0.15) is 32.3 Å². The van der Waals surface area contributed by atoms with Crippen LogP contribution < -0.4 is 10.1 Å². The fourth-order valence-electron chi connectivity index (χ4n) is 3.55. The molecule has 0 bridgehead atoms. The third-order valence-corrected chi connectivity index (χ3v) is 6.35. The van der Waals surface area contributed by atoms with E-state index in [0.717, 1.165) is 37.1 Å². The minimum Gasteiger partial charge on any atom is -0.496 e. The third-order valence-electron chi connectivity index (χ3n) is 5.05. The molecule has 25 heavy (non-hydrogen) atoms. The second-order valence-electron chi connectivity index (χ2n) is 7.41. The van der Waals surface area contributed by atoms with E-state index in [1.54, 1.807) is 7.11 Å². The summed E-state index contributed by atoms with van der Waals surface area (Å²) in [7, 11) is 3.65. The van der Waals surface area contributed by atoms with Crippen molar-refractivity contribution in [3.8, 4) is 5.75 Å². The molecule has 4 nitrogen and oxygen atoms in total. The van der Waals surface area contributed by atoms with E-state index < -0.39 is 0 Å². The SMILES string of the molecule is CN=C(NCC1(c2ccccc2OC)CC1)N1CCSC(C)(C)C1.I. The van der Waals surface area contributed by atoms with Crippen LogP contribution in [0.15, 0.2) is 29.3 Å². The van der Waals surface area contributed by atoms with E-state index in [-0.39, 0.29) is 34.1 Å². The largest absolute Gasteiger partial charge is 0.496 e. The average Bonchev–Trinajstić information content (AvgIpc) is 3.35. The molecule has 1 saturated heterocycles. The standard InChI is InChI=1S/C19H29N3OS.HI/c1-18(2)14-22(11-12-24-18)17(20-3)21-13-19(9-10-19)15-7-5-6-8-16(15)23-4;/h5-8H,9-14H2,1-4H3,(H,20,21);1H. The quantitative estimate of drug-likeness (QED) is 0.409. The molecule has 2 fully saturated rings. The van der Waals surface area contributed by atoms with Crippen LogP contribution in [-0.4, -0.2) is 55.2 Å². The number of thioether (sulfide) groups is 1. The molecule has 0 atom stereocenters. The van der Waals surface area contributed by atoms with Gasteiger partial charge in [0.05, 0.1) is 7.11 Å². The Kier molecular flexibility index (Phi) is 6.93. The number of methoxy groups -OCH3 is 1. The first-order valence-electron chi connectivity index (χ1n) is 8.73. The second kappa shape index (κ2) is 8.37. The fourth-order valence-corrected chi connectivity index (χ4v) is 4.66. The molecule has 2 aliphatic rings. The predicted molar refractivity (Wildman–Crippen MR) is 119 cm³/mol. The van der Waals surface area contributed by atoms with Crippen molar-refractivity contribution in [3.05, 3.63) is 29.8 Å².